The van der Waals surface area contributed by atoms with Crippen LogP contribution in [-0.4, -0.2) is 33.5 Å². The maximum absolute atomic E-state index is 11.5. The quantitative estimate of drug-likeness (QED) is 0.606. The van der Waals surface area contributed by atoms with Gasteiger partial charge in [0.05, 0.1) is 0 Å². The van der Waals surface area contributed by atoms with Gasteiger partial charge in [0.2, 0.25) is 0 Å². The average molecular weight is 252 g/mol. The summed E-state index contributed by atoms with van der Waals surface area (Å²) in [5.74, 6) is -2.58. The number of nitrogens with one attached hydrogen (secondary N) is 3. The highest BCUT2D eigenvalue weighted by atomic mass is 16.2. The van der Waals surface area contributed by atoms with Crippen LogP contribution in [0.2, 0.25) is 0 Å². The number of imide groups is 1. The molecule has 1 aromatic heterocycles. The first-order chi connectivity index (χ1) is 8.19. The zero-order valence-electron chi connectivity index (χ0n) is 10.7. The Morgan fingerprint density at radius 1 is 1.22 bits per heavy atom. The number of hydrogen-bond acceptors (Lipinski definition) is 4. The van der Waals surface area contributed by atoms with E-state index in [-0.39, 0.29) is 5.69 Å². The molecule has 0 atom stereocenters. The number of H-pyrrole nitrogens is 1. The molecule has 0 aliphatic rings. The molecule has 0 saturated heterocycles. The fourth-order valence-corrected chi connectivity index (χ4v) is 1.16. The second-order valence-corrected chi connectivity index (χ2v) is 4.92. The maximum Gasteiger partial charge on any atom is 0.316 e. The van der Waals surface area contributed by atoms with Crippen molar-refractivity contribution in [2.45, 2.75) is 33.2 Å². The third kappa shape index (κ3) is 4.00. The summed E-state index contributed by atoms with van der Waals surface area (Å²) >= 11 is 0. The molecular formula is C11H16N4O3. The summed E-state index contributed by atoms with van der Waals surface area (Å²) in [6, 6.07) is 1.48. The average Bonchev–Trinajstić information content (AvgIpc) is 2.62. The lowest BCUT2D eigenvalue weighted by Crippen LogP contribution is -2.49. The monoisotopic (exact) mass is 252 g/mol. The van der Waals surface area contributed by atoms with Gasteiger partial charge in [0.15, 0.2) is 5.69 Å². The van der Waals surface area contributed by atoms with E-state index in [1.54, 1.807) is 27.7 Å². The van der Waals surface area contributed by atoms with Crippen LogP contribution in [0.5, 0.6) is 0 Å². The maximum atomic E-state index is 11.5. The van der Waals surface area contributed by atoms with Gasteiger partial charge in [-0.15, -0.1) is 0 Å². The standard InChI is InChI=1S/C11H16N4O3/c1-6-5-7(15-14-6)8(16)12-9(17)10(18)13-11(2,3)4/h5H,1-4H3,(H,13,18)(H,14,15)(H,12,16,17). The minimum Gasteiger partial charge on any atom is -0.343 e. The fourth-order valence-electron chi connectivity index (χ4n) is 1.16. The van der Waals surface area contributed by atoms with Crippen LogP contribution in [0, 0.1) is 6.92 Å². The van der Waals surface area contributed by atoms with Crippen molar-refractivity contribution in [2.24, 2.45) is 0 Å². The van der Waals surface area contributed by atoms with Crippen LogP contribution in [-0.2, 0) is 9.59 Å². The van der Waals surface area contributed by atoms with Crippen molar-refractivity contribution in [3.8, 4) is 0 Å². The Morgan fingerprint density at radius 2 is 1.83 bits per heavy atom. The molecule has 0 unspecified atom stereocenters. The van der Waals surface area contributed by atoms with Crippen LogP contribution in [0.15, 0.2) is 6.07 Å². The van der Waals surface area contributed by atoms with Gasteiger partial charge in [-0.05, 0) is 33.8 Å². The molecule has 0 aliphatic heterocycles. The molecule has 7 nitrogen and oxygen atoms in total. The summed E-state index contributed by atoms with van der Waals surface area (Å²) in [5.41, 5.74) is 0.205. The number of carbonyl (C=O) groups excluding carboxylic acids is 3. The molecule has 3 N–H and O–H groups in total. The van der Waals surface area contributed by atoms with Crippen LogP contribution in [0.3, 0.4) is 0 Å². The predicted octanol–water partition coefficient (Wildman–Crippen LogP) is -0.111. The van der Waals surface area contributed by atoms with Crippen LogP contribution in [0.1, 0.15) is 37.0 Å². The molecule has 0 saturated carbocycles. The molecule has 0 fully saturated rings. The second-order valence-electron chi connectivity index (χ2n) is 4.92. The second kappa shape index (κ2) is 4.99. The van der Waals surface area contributed by atoms with Gasteiger partial charge in [-0.3, -0.25) is 24.8 Å². The van der Waals surface area contributed by atoms with Crippen molar-refractivity contribution >= 4 is 17.7 Å². The van der Waals surface area contributed by atoms with E-state index in [2.05, 4.69) is 15.5 Å². The summed E-state index contributed by atoms with van der Waals surface area (Å²) in [5, 5.41) is 10.7. The van der Waals surface area contributed by atoms with Crippen molar-refractivity contribution in [1.29, 1.82) is 0 Å². The first-order valence-corrected chi connectivity index (χ1v) is 5.39. The molecule has 1 rings (SSSR count). The first kappa shape index (κ1) is 13.9. The van der Waals surface area contributed by atoms with E-state index in [1.807, 2.05) is 5.32 Å². The Morgan fingerprint density at radius 3 is 2.28 bits per heavy atom. The van der Waals surface area contributed by atoms with Crippen molar-refractivity contribution in [3.63, 3.8) is 0 Å². The largest absolute Gasteiger partial charge is 0.343 e. The molecule has 0 aliphatic carbocycles. The lowest BCUT2D eigenvalue weighted by molar-refractivity contribution is -0.139. The molecule has 0 radical (unpaired) electrons. The van der Waals surface area contributed by atoms with E-state index in [1.165, 1.54) is 6.07 Å². The molecule has 7 heteroatoms. The highest BCUT2D eigenvalue weighted by Crippen LogP contribution is 1.99. The summed E-state index contributed by atoms with van der Waals surface area (Å²) < 4.78 is 0. The van der Waals surface area contributed by atoms with Crippen LogP contribution < -0.4 is 10.6 Å². The van der Waals surface area contributed by atoms with Gasteiger partial charge in [-0.25, -0.2) is 0 Å². The summed E-state index contributed by atoms with van der Waals surface area (Å²) in [4.78, 5) is 34.4. The summed E-state index contributed by atoms with van der Waals surface area (Å²) in [6.07, 6.45) is 0. The lowest BCUT2D eigenvalue weighted by atomic mass is 10.1. The van der Waals surface area contributed by atoms with Crippen molar-refractivity contribution in [3.05, 3.63) is 17.5 Å². The number of carbonyl (C=O) groups is 3. The number of hydrogen-bond donors (Lipinski definition) is 3. The predicted molar refractivity (Wildman–Crippen MR) is 63.7 cm³/mol. The smallest absolute Gasteiger partial charge is 0.316 e. The molecular weight excluding hydrogens is 236 g/mol. The Bertz CT molecular complexity index is 485. The fraction of sp³-hybridized carbons (Fsp3) is 0.455. The van der Waals surface area contributed by atoms with Crippen LogP contribution in [0.25, 0.3) is 0 Å². The number of aromatic nitrogens is 2. The zero-order chi connectivity index (χ0) is 13.9. The zero-order valence-corrected chi connectivity index (χ0v) is 10.7. The summed E-state index contributed by atoms with van der Waals surface area (Å²) in [7, 11) is 0. The number of nitrogens with zero attached hydrogens (tertiary/aromatic N) is 1. The van der Waals surface area contributed by atoms with E-state index in [0.29, 0.717) is 5.69 Å². The number of rotatable bonds is 1. The third-order valence-corrected chi connectivity index (χ3v) is 1.86. The Balaban J connectivity index is 2.60. The molecule has 0 spiro atoms. The van der Waals surface area contributed by atoms with Crippen LogP contribution >= 0.6 is 0 Å². The Hall–Kier alpha value is -2.18. The van der Waals surface area contributed by atoms with Gasteiger partial charge in [-0.1, -0.05) is 0 Å². The molecule has 1 aromatic rings. The minimum absolute atomic E-state index is 0.0596. The van der Waals surface area contributed by atoms with Gasteiger partial charge in [0, 0.05) is 11.2 Å². The Kier molecular flexibility index (Phi) is 3.85. The molecule has 0 bridgehead atoms. The van der Waals surface area contributed by atoms with E-state index in [0.717, 1.165) is 0 Å². The van der Waals surface area contributed by atoms with Crippen molar-refractivity contribution in [2.75, 3.05) is 0 Å². The van der Waals surface area contributed by atoms with E-state index in [4.69, 9.17) is 0 Å². The molecule has 0 aromatic carbocycles. The molecule has 98 valence electrons. The highest BCUT2D eigenvalue weighted by Gasteiger charge is 2.23. The van der Waals surface area contributed by atoms with Gasteiger partial charge in [0.1, 0.15) is 0 Å². The van der Waals surface area contributed by atoms with Crippen molar-refractivity contribution in [1.82, 2.24) is 20.8 Å². The SMILES string of the molecule is Cc1cc(C(=O)NC(=O)C(=O)NC(C)(C)C)n[nH]1. The van der Waals surface area contributed by atoms with E-state index in [9.17, 15) is 14.4 Å². The lowest BCUT2D eigenvalue weighted by Gasteiger charge is -2.19. The van der Waals surface area contributed by atoms with Crippen LogP contribution in [0.4, 0.5) is 0 Å². The molecule has 18 heavy (non-hydrogen) atoms. The number of aryl methyl sites for hydroxylation is 1. The summed E-state index contributed by atoms with van der Waals surface area (Å²) in [6.45, 7) is 6.92. The highest BCUT2D eigenvalue weighted by molar-refractivity contribution is 6.38. The molecule has 1 heterocycles. The van der Waals surface area contributed by atoms with E-state index < -0.39 is 23.3 Å². The van der Waals surface area contributed by atoms with Crippen molar-refractivity contribution < 1.29 is 14.4 Å². The van der Waals surface area contributed by atoms with Gasteiger partial charge < -0.3 is 5.32 Å². The number of amides is 3. The first-order valence-electron chi connectivity index (χ1n) is 5.39. The molecule has 3 amide bonds. The van der Waals surface area contributed by atoms with Gasteiger partial charge >= 0.3 is 11.8 Å². The normalized spacial score (nSPS) is 10.9. The minimum atomic E-state index is -1.00. The number of aromatic amines is 1. The van der Waals surface area contributed by atoms with E-state index >= 15 is 0 Å². The Labute approximate surface area is 104 Å². The van der Waals surface area contributed by atoms with Gasteiger partial charge in [0.25, 0.3) is 5.91 Å². The topological polar surface area (TPSA) is 104 Å². The third-order valence-electron chi connectivity index (χ3n) is 1.86. The van der Waals surface area contributed by atoms with Gasteiger partial charge in [-0.2, -0.15) is 5.10 Å².